The van der Waals surface area contributed by atoms with E-state index in [1.165, 1.54) is 6.39 Å². The number of aromatic nitrogens is 2. The van der Waals surface area contributed by atoms with Crippen LogP contribution in [0.4, 0.5) is 0 Å². The van der Waals surface area contributed by atoms with Gasteiger partial charge in [0.25, 0.3) is 0 Å². The second kappa shape index (κ2) is 18.8. The molecule has 12 N–H and O–H groups in total. The molecule has 0 saturated carbocycles. The topological polar surface area (TPSA) is 270 Å². The first-order chi connectivity index (χ1) is 18.2. The van der Waals surface area contributed by atoms with Crippen molar-refractivity contribution in [3.63, 3.8) is 0 Å². The number of carboxylic acids is 3. The average Bonchev–Trinajstić information content (AvgIpc) is 3.51. The number of aryl methyl sites for hydroxylation is 1. The summed E-state index contributed by atoms with van der Waals surface area (Å²) >= 11 is 0. The average molecular weight is 550 g/mol. The standard InChI is InChI=1S/C9H7NO2.C6H14N4O2.C6H13NO2.C4H5NO/c11-9(12)8-5-6-3-1-2-4-7(6)10-8;7-4(5(11)12)2-1-3-10-6(8)9;1-4(2)3-5(7)6(8)9;1-4-2-5-3-6-4/h1-5,10H,(H,11,12);4H,1-3,7H2,(H,11,12)(H4,8,9,10);4-5H,3,7H2,1-2H3,(H,8,9);2-3H,1H3/t;4-;5-;/m.00./s1. The van der Waals surface area contributed by atoms with E-state index >= 15 is 0 Å². The number of rotatable bonds is 9. The minimum Gasteiger partial charge on any atom is -0.480 e. The van der Waals surface area contributed by atoms with Gasteiger partial charge in [0.2, 0.25) is 0 Å². The van der Waals surface area contributed by atoms with Crippen LogP contribution in [0.2, 0.25) is 0 Å². The number of nitrogens with one attached hydrogen (secondary N) is 1. The van der Waals surface area contributed by atoms with Gasteiger partial charge in [0.15, 0.2) is 12.4 Å². The Hall–Kier alpha value is -4.43. The molecule has 2 heterocycles. The van der Waals surface area contributed by atoms with Crippen LogP contribution >= 0.6 is 0 Å². The molecule has 39 heavy (non-hydrogen) atoms. The molecule has 0 bridgehead atoms. The van der Waals surface area contributed by atoms with Gasteiger partial charge in [-0.05, 0) is 44.2 Å². The largest absolute Gasteiger partial charge is 0.480 e. The smallest absolute Gasteiger partial charge is 0.352 e. The van der Waals surface area contributed by atoms with Crippen LogP contribution in [0.5, 0.6) is 0 Å². The summed E-state index contributed by atoms with van der Waals surface area (Å²) in [4.78, 5) is 41.0. The van der Waals surface area contributed by atoms with Gasteiger partial charge in [-0.15, -0.1) is 0 Å². The van der Waals surface area contributed by atoms with Crippen LogP contribution in [0.15, 0.2) is 52.3 Å². The zero-order chi connectivity index (χ0) is 30.0. The molecule has 0 radical (unpaired) electrons. The SMILES string of the molecule is CC(C)C[C@H](N)C(=O)O.Cc1cnco1.NC(N)=NCCC[C@H](N)C(=O)O.O=C(O)c1cc2ccccc2[nH]1. The lowest BCUT2D eigenvalue weighted by atomic mass is 10.1. The van der Waals surface area contributed by atoms with Crippen molar-refractivity contribution in [2.75, 3.05) is 6.54 Å². The Kier molecular flexibility index (Phi) is 16.6. The van der Waals surface area contributed by atoms with Crippen LogP contribution in [-0.2, 0) is 9.59 Å². The number of hydrogen-bond acceptors (Lipinski definition) is 8. The van der Waals surface area contributed by atoms with Crippen molar-refractivity contribution in [2.24, 2.45) is 33.8 Å². The minimum absolute atomic E-state index is 0.0129. The number of aliphatic imine (C=N–C) groups is 1. The fourth-order valence-electron chi connectivity index (χ4n) is 2.72. The number of benzene rings is 1. The van der Waals surface area contributed by atoms with Crippen LogP contribution < -0.4 is 22.9 Å². The number of hydrogen-bond donors (Lipinski definition) is 8. The highest BCUT2D eigenvalue weighted by Gasteiger charge is 2.12. The lowest BCUT2D eigenvalue weighted by Gasteiger charge is -2.07. The van der Waals surface area contributed by atoms with Crippen LogP contribution in [0.25, 0.3) is 10.9 Å². The molecule has 0 aliphatic rings. The molecule has 0 unspecified atom stereocenters. The second-order valence-electron chi connectivity index (χ2n) is 8.66. The van der Waals surface area contributed by atoms with E-state index in [1.54, 1.807) is 12.3 Å². The lowest BCUT2D eigenvalue weighted by Crippen LogP contribution is -2.31. The molecule has 216 valence electrons. The highest BCUT2D eigenvalue weighted by molar-refractivity contribution is 5.93. The molecule has 1 aromatic carbocycles. The lowest BCUT2D eigenvalue weighted by molar-refractivity contribution is -0.139. The normalized spacial score (nSPS) is 11.4. The van der Waals surface area contributed by atoms with Gasteiger partial charge >= 0.3 is 17.9 Å². The number of carbonyl (C=O) groups is 3. The fraction of sp³-hybridized carbons (Fsp3) is 0.400. The van der Waals surface area contributed by atoms with Gasteiger partial charge in [-0.25, -0.2) is 9.78 Å². The molecule has 14 heteroatoms. The number of oxazole rings is 1. The van der Waals surface area contributed by atoms with Gasteiger partial charge in [0.1, 0.15) is 23.5 Å². The number of carboxylic acid groups (broad SMARTS) is 3. The number of aromatic carboxylic acids is 1. The zero-order valence-electron chi connectivity index (χ0n) is 22.3. The number of aliphatic carboxylic acids is 2. The van der Waals surface area contributed by atoms with E-state index in [2.05, 4.69) is 15.0 Å². The van der Waals surface area contributed by atoms with Gasteiger partial charge in [-0.3, -0.25) is 14.6 Å². The number of nitrogens with zero attached hydrogens (tertiary/aromatic N) is 2. The quantitative estimate of drug-likeness (QED) is 0.108. The van der Waals surface area contributed by atoms with Crippen molar-refractivity contribution in [2.45, 2.75) is 52.1 Å². The Labute approximate surface area is 226 Å². The predicted octanol–water partition coefficient (Wildman–Crippen LogP) is 1.75. The van der Waals surface area contributed by atoms with E-state index in [-0.39, 0.29) is 11.7 Å². The van der Waals surface area contributed by atoms with Gasteiger partial charge in [-0.1, -0.05) is 32.0 Å². The summed E-state index contributed by atoms with van der Waals surface area (Å²) in [6.45, 7) is 6.17. The van der Waals surface area contributed by atoms with Crippen LogP contribution in [0.1, 0.15) is 49.4 Å². The molecule has 0 spiro atoms. The third-order valence-corrected chi connectivity index (χ3v) is 4.64. The Morgan fingerprint density at radius 3 is 2.05 bits per heavy atom. The number of para-hydroxylation sites is 1. The Bertz CT molecular complexity index is 1120. The third-order valence-electron chi connectivity index (χ3n) is 4.64. The predicted molar refractivity (Wildman–Crippen MR) is 147 cm³/mol. The zero-order valence-corrected chi connectivity index (χ0v) is 22.3. The number of guanidine groups is 1. The van der Waals surface area contributed by atoms with Crippen molar-refractivity contribution in [3.05, 3.63) is 54.4 Å². The summed E-state index contributed by atoms with van der Waals surface area (Å²) in [7, 11) is 0. The van der Waals surface area contributed by atoms with E-state index in [0.29, 0.717) is 31.7 Å². The van der Waals surface area contributed by atoms with Crippen LogP contribution in [-0.4, -0.2) is 67.8 Å². The molecule has 0 fully saturated rings. The maximum atomic E-state index is 10.5. The highest BCUT2D eigenvalue weighted by atomic mass is 16.4. The summed E-state index contributed by atoms with van der Waals surface area (Å²) in [6.07, 6.45) is 4.59. The van der Waals surface area contributed by atoms with Gasteiger partial charge < -0.3 is 47.7 Å². The number of H-pyrrole nitrogens is 1. The number of fused-ring (bicyclic) bond motifs is 1. The van der Waals surface area contributed by atoms with Crippen LogP contribution in [0, 0.1) is 12.8 Å². The maximum Gasteiger partial charge on any atom is 0.352 e. The van der Waals surface area contributed by atoms with Gasteiger partial charge in [0.05, 0.1) is 6.20 Å². The first-order valence-electron chi connectivity index (χ1n) is 11.9. The summed E-state index contributed by atoms with van der Waals surface area (Å²) < 4.78 is 4.72. The number of nitrogens with two attached hydrogens (primary N) is 4. The van der Waals surface area contributed by atoms with Crippen molar-refractivity contribution in [3.8, 4) is 0 Å². The van der Waals surface area contributed by atoms with E-state index in [9.17, 15) is 14.4 Å². The molecule has 0 amide bonds. The first-order valence-corrected chi connectivity index (χ1v) is 11.9. The van der Waals surface area contributed by atoms with E-state index in [1.807, 2.05) is 45.0 Å². The molecule has 0 aliphatic heterocycles. The van der Waals surface area contributed by atoms with Gasteiger partial charge in [0, 0.05) is 17.4 Å². The summed E-state index contributed by atoms with van der Waals surface area (Å²) in [6, 6.07) is 7.58. The molecule has 3 rings (SSSR count). The van der Waals surface area contributed by atoms with Crippen molar-refractivity contribution < 1.29 is 34.1 Å². The highest BCUT2D eigenvalue weighted by Crippen LogP contribution is 2.14. The molecule has 0 saturated heterocycles. The first kappa shape index (κ1) is 34.6. The van der Waals surface area contributed by atoms with E-state index in [4.69, 9.17) is 42.7 Å². The molecular weight excluding hydrogens is 510 g/mol. The second-order valence-corrected chi connectivity index (χ2v) is 8.66. The van der Waals surface area contributed by atoms with Crippen LogP contribution in [0.3, 0.4) is 0 Å². The number of aromatic amines is 1. The molecular formula is C25H39N7O7. The minimum atomic E-state index is -1.00. The summed E-state index contributed by atoms with van der Waals surface area (Å²) in [5, 5.41) is 26.3. The molecule has 2 atom stereocenters. The van der Waals surface area contributed by atoms with Gasteiger partial charge in [-0.2, -0.15) is 0 Å². The van der Waals surface area contributed by atoms with E-state index < -0.39 is 30.0 Å². The Morgan fingerprint density at radius 1 is 1.05 bits per heavy atom. The maximum absolute atomic E-state index is 10.5. The third kappa shape index (κ3) is 16.8. The molecule has 2 aromatic heterocycles. The fourth-order valence-corrected chi connectivity index (χ4v) is 2.72. The van der Waals surface area contributed by atoms with Crippen molar-refractivity contribution in [1.29, 1.82) is 0 Å². The monoisotopic (exact) mass is 549 g/mol. The van der Waals surface area contributed by atoms with Crippen molar-refractivity contribution >= 4 is 34.8 Å². The molecule has 3 aromatic rings. The van der Waals surface area contributed by atoms with Crippen molar-refractivity contribution in [1.82, 2.24) is 9.97 Å². The summed E-state index contributed by atoms with van der Waals surface area (Å²) in [5.74, 6) is -1.61. The Balaban J connectivity index is 0.000000508. The van der Waals surface area contributed by atoms with E-state index in [0.717, 1.165) is 16.7 Å². The molecule has 0 aliphatic carbocycles. The Morgan fingerprint density at radius 2 is 1.67 bits per heavy atom. The molecule has 14 nitrogen and oxygen atoms in total. The summed E-state index contributed by atoms with van der Waals surface area (Å²) in [5.41, 5.74) is 21.6.